The number of aromatic nitrogens is 1. The maximum absolute atomic E-state index is 8.47. The van der Waals surface area contributed by atoms with Gasteiger partial charge < -0.3 is 15.8 Å². The van der Waals surface area contributed by atoms with Crippen LogP contribution in [0.25, 0.3) is 0 Å². The van der Waals surface area contributed by atoms with Crippen molar-refractivity contribution in [1.29, 1.82) is 0 Å². The number of anilines is 1. The number of nitrogens with two attached hydrogens (primary N) is 1. The molecular formula is C11H18N4O. The molecule has 0 aliphatic heterocycles. The number of nitrogens with zero attached hydrogens (tertiary/aromatic N) is 3. The van der Waals surface area contributed by atoms with Gasteiger partial charge in [0.2, 0.25) is 0 Å². The SMILES string of the molecule is CCN(CC/C(N)=N/O)c1ccnc(C)c1. The standard InChI is InChI=1S/C11H18N4O/c1-3-15(7-5-11(12)14-16)10-4-6-13-9(2)8-10/h4,6,8,16H,3,5,7H2,1-2H3,(H2,12,14). The minimum Gasteiger partial charge on any atom is -0.409 e. The number of rotatable bonds is 5. The second-order valence-corrected chi connectivity index (χ2v) is 3.58. The molecule has 16 heavy (non-hydrogen) atoms. The van der Waals surface area contributed by atoms with Gasteiger partial charge in [0.1, 0.15) is 5.84 Å². The first-order valence-electron chi connectivity index (χ1n) is 5.31. The summed E-state index contributed by atoms with van der Waals surface area (Å²) in [5.74, 6) is 0.254. The summed E-state index contributed by atoms with van der Waals surface area (Å²) in [6.07, 6.45) is 2.34. The Balaban J connectivity index is 2.67. The molecular weight excluding hydrogens is 204 g/mol. The summed E-state index contributed by atoms with van der Waals surface area (Å²) in [7, 11) is 0. The normalized spacial score (nSPS) is 11.5. The van der Waals surface area contributed by atoms with Crippen molar-refractivity contribution in [3.05, 3.63) is 24.0 Å². The third-order valence-electron chi connectivity index (χ3n) is 2.39. The van der Waals surface area contributed by atoms with Crippen molar-refractivity contribution in [3.63, 3.8) is 0 Å². The Bertz CT molecular complexity index is 365. The molecule has 0 atom stereocenters. The molecule has 0 fully saturated rings. The van der Waals surface area contributed by atoms with Crippen molar-refractivity contribution in [3.8, 4) is 0 Å². The molecule has 1 aromatic heterocycles. The lowest BCUT2D eigenvalue weighted by Crippen LogP contribution is -2.28. The topological polar surface area (TPSA) is 74.7 Å². The Labute approximate surface area is 95.6 Å². The van der Waals surface area contributed by atoms with Crippen LogP contribution in [0.3, 0.4) is 0 Å². The Hall–Kier alpha value is -1.78. The summed E-state index contributed by atoms with van der Waals surface area (Å²) in [5, 5.41) is 11.4. The van der Waals surface area contributed by atoms with E-state index in [4.69, 9.17) is 10.9 Å². The van der Waals surface area contributed by atoms with Gasteiger partial charge in [0.25, 0.3) is 0 Å². The van der Waals surface area contributed by atoms with Crippen LogP contribution in [0.2, 0.25) is 0 Å². The Morgan fingerprint density at radius 3 is 2.94 bits per heavy atom. The summed E-state index contributed by atoms with van der Waals surface area (Å²) in [5.41, 5.74) is 7.54. The first-order valence-corrected chi connectivity index (χ1v) is 5.31. The van der Waals surface area contributed by atoms with Gasteiger partial charge in [-0.15, -0.1) is 0 Å². The van der Waals surface area contributed by atoms with Gasteiger partial charge in [0, 0.05) is 37.1 Å². The molecule has 3 N–H and O–H groups in total. The van der Waals surface area contributed by atoms with Gasteiger partial charge in [-0.3, -0.25) is 4.98 Å². The highest BCUT2D eigenvalue weighted by molar-refractivity contribution is 5.80. The Kier molecular flexibility index (Phi) is 4.57. The molecule has 0 saturated heterocycles. The molecule has 1 aromatic rings. The lowest BCUT2D eigenvalue weighted by Gasteiger charge is -2.22. The molecule has 0 aliphatic rings. The van der Waals surface area contributed by atoms with Crippen molar-refractivity contribution in [1.82, 2.24) is 4.98 Å². The smallest absolute Gasteiger partial charge is 0.140 e. The second kappa shape index (κ2) is 5.95. The number of oxime groups is 1. The summed E-state index contributed by atoms with van der Waals surface area (Å²) >= 11 is 0. The molecule has 0 radical (unpaired) electrons. The van der Waals surface area contributed by atoms with Crippen molar-refractivity contribution in [2.24, 2.45) is 10.9 Å². The molecule has 5 heteroatoms. The van der Waals surface area contributed by atoms with Crippen molar-refractivity contribution in [2.75, 3.05) is 18.0 Å². The highest BCUT2D eigenvalue weighted by Crippen LogP contribution is 2.14. The first-order chi connectivity index (χ1) is 7.67. The molecule has 0 unspecified atom stereocenters. The van der Waals surface area contributed by atoms with Gasteiger partial charge >= 0.3 is 0 Å². The molecule has 1 rings (SSSR count). The van der Waals surface area contributed by atoms with E-state index in [2.05, 4.69) is 22.0 Å². The van der Waals surface area contributed by atoms with E-state index in [9.17, 15) is 0 Å². The first kappa shape index (κ1) is 12.3. The van der Waals surface area contributed by atoms with Crippen LogP contribution in [-0.2, 0) is 0 Å². The highest BCUT2D eigenvalue weighted by Gasteiger charge is 2.05. The van der Waals surface area contributed by atoms with Crippen LogP contribution in [0.15, 0.2) is 23.5 Å². The average Bonchev–Trinajstić information content (AvgIpc) is 2.29. The highest BCUT2D eigenvalue weighted by atomic mass is 16.4. The zero-order chi connectivity index (χ0) is 12.0. The van der Waals surface area contributed by atoms with Gasteiger partial charge in [0.15, 0.2) is 0 Å². The van der Waals surface area contributed by atoms with Crippen LogP contribution in [0.1, 0.15) is 19.0 Å². The van der Waals surface area contributed by atoms with Gasteiger partial charge in [-0.25, -0.2) is 0 Å². The number of pyridine rings is 1. The third-order valence-corrected chi connectivity index (χ3v) is 2.39. The number of aryl methyl sites for hydroxylation is 1. The molecule has 88 valence electrons. The van der Waals surface area contributed by atoms with Crippen molar-refractivity contribution >= 4 is 11.5 Å². The molecule has 0 bridgehead atoms. The van der Waals surface area contributed by atoms with Gasteiger partial charge in [-0.1, -0.05) is 5.16 Å². The minimum atomic E-state index is 0.254. The summed E-state index contributed by atoms with van der Waals surface area (Å²) in [4.78, 5) is 6.31. The van der Waals surface area contributed by atoms with Crippen LogP contribution >= 0.6 is 0 Å². The fraction of sp³-hybridized carbons (Fsp3) is 0.455. The lowest BCUT2D eigenvalue weighted by molar-refractivity contribution is 0.317. The van der Waals surface area contributed by atoms with Gasteiger partial charge in [0.05, 0.1) is 0 Å². The summed E-state index contributed by atoms with van der Waals surface area (Å²) in [6, 6.07) is 3.98. The van der Waals surface area contributed by atoms with E-state index in [1.165, 1.54) is 0 Å². The Morgan fingerprint density at radius 2 is 2.38 bits per heavy atom. The maximum atomic E-state index is 8.47. The van der Waals surface area contributed by atoms with Gasteiger partial charge in [-0.05, 0) is 26.0 Å². The second-order valence-electron chi connectivity index (χ2n) is 3.58. The van der Waals surface area contributed by atoms with Crippen LogP contribution in [-0.4, -0.2) is 29.1 Å². The largest absolute Gasteiger partial charge is 0.409 e. The fourth-order valence-electron chi connectivity index (χ4n) is 1.50. The minimum absolute atomic E-state index is 0.254. The van der Waals surface area contributed by atoms with E-state index in [-0.39, 0.29) is 5.84 Å². The zero-order valence-electron chi connectivity index (χ0n) is 9.72. The molecule has 0 aliphatic carbocycles. The fourth-order valence-corrected chi connectivity index (χ4v) is 1.50. The number of hydrogen-bond donors (Lipinski definition) is 2. The Morgan fingerprint density at radius 1 is 1.62 bits per heavy atom. The molecule has 0 spiro atoms. The van der Waals surface area contributed by atoms with Crippen LogP contribution in [0.5, 0.6) is 0 Å². The van der Waals surface area contributed by atoms with E-state index in [0.717, 1.165) is 24.5 Å². The van der Waals surface area contributed by atoms with E-state index >= 15 is 0 Å². The molecule has 0 amide bonds. The molecule has 0 aromatic carbocycles. The van der Waals surface area contributed by atoms with Gasteiger partial charge in [-0.2, -0.15) is 0 Å². The molecule has 5 nitrogen and oxygen atoms in total. The van der Waals surface area contributed by atoms with E-state index in [1.807, 2.05) is 19.1 Å². The van der Waals surface area contributed by atoms with Crippen molar-refractivity contribution < 1.29 is 5.21 Å². The van der Waals surface area contributed by atoms with Crippen LogP contribution < -0.4 is 10.6 Å². The predicted octanol–water partition coefficient (Wildman–Crippen LogP) is 1.35. The van der Waals surface area contributed by atoms with E-state index in [1.54, 1.807) is 6.20 Å². The monoisotopic (exact) mass is 222 g/mol. The van der Waals surface area contributed by atoms with E-state index < -0.39 is 0 Å². The van der Waals surface area contributed by atoms with Crippen molar-refractivity contribution in [2.45, 2.75) is 20.3 Å². The average molecular weight is 222 g/mol. The quantitative estimate of drug-likeness (QED) is 0.341. The summed E-state index contributed by atoms with van der Waals surface area (Å²) < 4.78 is 0. The molecule has 0 saturated carbocycles. The predicted molar refractivity (Wildman–Crippen MR) is 64.9 cm³/mol. The maximum Gasteiger partial charge on any atom is 0.140 e. The zero-order valence-corrected chi connectivity index (χ0v) is 9.72. The summed E-state index contributed by atoms with van der Waals surface area (Å²) in [6.45, 7) is 5.64. The lowest BCUT2D eigenvalue weighted by atomic mass is 10.2. The van der Waals surface area contributed by atoms with E-state index in [0.29, 0.717) is 6.42 Å². The number of amidine groups is 1. The third kappa shape index (κ3) is 3.42. The van der Waals surface area contributed by atoms with Crippen LogP contribution in [0, 0.1) is 6.92 Å². The number of hydrogen-bond acceptors (Lipinski definition) is 4. The van der Waals surface area contributed by atoms with Crippen LogP contribution in [0.4, 0.5) is 5.69 Å². The molecule has 1 heterocycles.